The molecule has 2 N–H and O–H groups in total. The lowest BCUT2D eigenvalue weighted by Gasteiger charge is -2.38. The van der Waals surface area contributed by atoms with Gasteiger partial charge in [-0.25, -0.2) is 4.39 Å². The van der Waals surface area contributed by atoms with E-state index in [4.69, 9.17) is 17.3 Å². The zero-order chi connectivity index (χ0) is 14.0. The third kappa shape index (κ3) is 3.47. The highest BCUT2D eigenvalue weighted by Gasteiger charge is 2.26. The molecule has 3 atom stereocenters. The number of nitrogens with zero attached hydrogens (tertiary/aromatic N) is 1. The van der Waals surface area contributed by atoms with Gasteiger partial charge in [0.1, 0.15) is 5.82 Å². The van der Waals surface area contributed by atoms with E-state index in [1.54, 1.807) is 6.07 Å². The summed E-state index contributed by atoms with van der Waals surface area (Å²) in [7, 11) is 0. The number of hydrogen-bond donors (Lipinski definition) is 1. The molecule has 1 fully saturated rings. The summed E-state index contributed by atoms with van der Waals surface area (Å²) in [5.41, 5.74) is 7.08. The van der Waals surface area contributed by atoms with E-state index in [1.165, 1.54) is 18.9 Å². The van der Waals surface area contributed by atoms with Crippen LogP contribution in [0.2, 0.25) is 5.02 Å². The van der Waals surface area contributed by atoms with Crippen LogP contribution in [0, 0.1) is 11.7 Å². The molecule has 106 valence electrons. The Balaban J connectivity index is 2.10. The van der Waals surface area contributed by atoms with Gasteiger partial charge in [-0.15, -0.1) is 0 Å². The number of benzene rings is 1. The third-order valence-corrected chi connectivity index (χ3v) is 4.50. The Morgan fingerprint density at radius 1 is 1.42 bits per heavy atom. The van der Waals surface area contributed by atoms with Crippen molar-refractivity contribution in [1.29, 1.82) is 0 Å². The Morgan fingerprint density at radius 3 is 2.79 bits per heavy atom. The highest BCUT2D eigenvalue weighted by Crippen LogP contribution is 2.29. The van der Waals surface area contributed by atoms with Crippen LogP contribution in [0.15, 0.2) is 18.2 Å². The van der Waals surface area contributed by atoms with Gasteiger partial charge in [-0.05, 0) is 56.8 Å². The molecule has 1 aromatic carbocycles. The molecule has 1 aliphatic rings. The standard InChI is InChI=1S/C15H22ClFN2/c1-10(18)13-4-3-7-19(9-13)11(2)12-5-6-15(17)14(16)8-12/h5-6,8,10-11,13H,3-4,7,9,18H2,1-2H3. The summed E-state index contributed by atoms with van der Waals surface area (Å²) < 4.78 is 13.2. The number of likely N-dealkylation sites (tertiary alicyclic amines) is 1. The van der Waals surface area contributed by atoms with Crippen LogP contribution in [0.25, 0.3) is 0 Å². The normalized spacial score (nSPS) is 24.2. The average Bonchev–Trinajstić information content (AvgIpc) is 2.41. The summed E-state index contributed by atoms with van der Waals surface area (Å²) in [6.07, 6.45) is 2.37. The van der Waals surface area contributed by atoms with E-state index < -0.39 is 0 Å². The highest BCUT2D eigenvalue weighted by atomic mass is 35.5. The third-order valence-electron chi connectivity index (χ3n) is 4.21. The first-order chi connectivity index (χ1) is 8.99. The maximum atomic E-state index is 13.2. The Kier molecular flexibility index (Phi) is 4.82. The summed E-state index contributed by atoms with van der Waals surface area (Å²) in [5.74, 6) is 0.192. The Bertz CT molecular complexity index is 436. The van der Waals surface area contributed by atoms with Gasteiger partial charge in [0.2, 0.25) is 0 Å². The summed E-state index contributed by atoms with van der Waals surface area (Å²) >= 11 is 5.86. The van der Waals surface area contributed by atoms with Gasteiger partial charge in [-0.2, -0.15) is 0 Å². The van der Waals surface area contributed by atoms with E-state index in [1.807, 2.05) is 6.07 Å². The van der Waals surface area contributed by atoms with Gasteiger partial charge < -0.3 is 5.73 Å². The SMILES string of the molecule is CC(N)C1CCCN(C(C)c2ccc(F)c(Cl)c2)C1. The summed E-state index contributed by atoms with van der Waals surface area (Å²) in [6.45, 7) is 6.30. The van der Waals surface area contributed by atoms with Crippen molar-refractivity contribution in [3.05, 3.63) is 34.6 Å². The largest absolute Gasteiger partial charge is 0.328 e. The van der Waals surface area contributed by atoms with E-state index in [0.29, 0.717) is 5.92 Å². The lowest BCUT2D eigenvalue weighted by molar-refractivity contribution is 0.121. The molecule has 3 unspecified atom stereocenters. The number of rotatable bonds is 3. The first-order valence-electron chi connectivity index (χ1n) is 6.93. The van der Waals surface area contributed by atoms with Crippen molar-refractivity contribution >= 4 is 11.6 Å². The molecule has 0 radical (unpaired) electrons. The van der Waals surface area contributed by atoms with E-state index in [0.717, 1.165) is 18.7 Å². The zero-order valence-electron chi connectivity index (χ0n) is 11.6. The fourth-order valence-electron chi connectivity index (χ4n) is 2.80. The molecule has 0 amide bonds. The minimum absolute atomic E-state index is 0.199. The van der Waals surface area contributed by atoms with E-state index in [2.05, 4.69) is 18.7 Å². The Labute approximate surface area is 119 Å². The molecule has 19 heavy (non-hydrogen) atoms. The Hall–Kier alpha value is -0.640. The van der Waals surface area contributed by atoms with Crippen LogP contribution in [0.3, 0.4) is 0 Å². The molecule has 1 aliphatic heterocycles. The van der Waals surface area contributed by atoms with Crippen molar-refractivity contribution in [2.24, 2.45) is 11.7 Å². The van der Waals surface area contributed by atoms with E-state index in [-0.39, 0.29) is 22.9 Å². The van der Waals surface area contributed by atoms with Crippen LogP contribution in [0.1, 0.15) is 38.3 Å². The molecular formula is C15H22ClFN2. The number of hydrogen-bond acceptors (Lipinski definition) is 2. The summed E-state index contributed by atoms with van der Waals surface area (Å²) in [4.78, 5) is 2.42. The second-order valence-electron chi connectivity index (χ2n) is 5.61. The van der Waals surface area contributed by atoms with Gasteiger partial charge in [-0.1, -0.05) is 17.7 Å². The first-order valence-corrected chi connectivity index (χ1v) is 7.31. The van der Waals surface area contributed by atoms with E-state index in [9.17, 15) is 4.39 Å². The monoisotopic (exact) mass is 284 g/mol. The maximum absolute atomic E-state index is 13.2. The lowest BCUT2D eigenvalue weighted by Crippen LogP contribution is -2.43. The van der Waals surface area contributed by atoms with Gasteiger partial charge in [-0.3, -0.25) is 4.90 Å². The van der Waals surface area contributed by atoms with Crippen LogP contribution in [0.5, 0.6) is 0 Å². The van der Waals surface area contributed by atoms with Crippen LogP contribution < -0.4 is 5.73 Å². The molecular weight excluding hydrogens is 263 g/mol. The molecule has 2 rings (SSSR count). The molecule has 0 aliphatic carbocycles. The molecule has 1 heterocycles. The van der Waals surface area contributed by atoms with Crippen LogP contribution >= 0.6 is 11.6 Å². The van der Waals surface area contributed by atoms with Crippen LogP contribution in [-0.2, 0) is 0 Å². The van der Waals surface area contributed by atoms with Crippen molar-refractivity contribution in [2.45, 2.75) is 38.8 Å². The predicted octanol–water partition coefficient (Wildman–Crippen LogP) is 3.60. The molecule has 0 aromatic heterocycles. The lowest BCUT2D eigenvalue weighted by atomic mass is 9.90. The summed E-state index contributed by atoms with van der Waals surface area (Å²) in [5, 5.41) is 0.199. The fraction of sp³-hybridized carbons (Fsp3) is 0.600. The predicted molar refractivity (Wildman–Crippen MR) is 77.8 cm³/mol. The minimum Gasteiger partial charge on any atom is -0.328 e. The molecule has 1 saturated heterocycles. The summed E-state index contributed by atoms with van der Waals surface area (Å²) in [6, 6.07) is 5.48. The molecule has 2 nitrogen and oxygen atoms in total. The number of piperidine rings is 1. The first kappa shape index (κ1) is 14.8. The second kappa shape index (κ2) is 6.21. The fourth-order valence-corrected chi connectivity index (χ4v) is 2.99. The molecule has 1 aromatic rings. The van der Waals surface area contributed by atoms with Crippen LogP contribution in [-0.4, -0.2) is 24.0 Å². The average molecular weight is 285 g/mol. The molecule has 0 saturated carbocycles. The topological polar surface area (TPSA) is 29.3 Å². The smallest absolute Gasteiger partial charge is 0.141 e. The molecule has 0 spiro atoms. The second-order valence-corrected chi connectivity index (χ2v) is 6.01. The van der Waals surface area contributed by atoms with Crippen molar-refractivity contribution in [3.63, 3.8) is 0 Å². The quantitative estimate of drug-likeness (QED) is 0.919. The van der Waals surface area contributed by atoms with Gasteiger partial charge in [0.25, 0.3) is 0 Å². The number of nitrogens with two attached hydrogens (primary N) is 1. The Morgan fingerprint density at radius 2 is 2.16 bits per heavy atom. The van der Waals surface area contributed by atoms with Crippen molar-refractivity contribution in [3.8, 4) is 0 Å². The van der Waals surface area contributed by atoms with Gasteiger partial charge in [0.05, 0.1) is 5.02 Å². The number of halogens is 2. The van der Waals surface area contributed by atoms with Crippen molar-refractivity contribution < 1.29 is 4.39 Å². The van der Waals surface area contributed by atoms with Crippen LogP contribution in [0.4, 0.5) is 4.39 Å². The van der Waals surface area contributed by atoms with Crippen molar-refractivity contribution in [1.82, 2.24) is 4.90 Å². The van der Waals surface area contributed by atoms with E-state index >= 15 is 0 Å². The zero-order valence-corrected chi connectivity index (χ0v) is 12.3. The molecule has 4 heteroatoms. The maximum Gasteiger partial charge on any atom is 0.141 e. The van der Waals surface area contributed by atoms with Gasteiger partial charge in [0.15, 0.2) is 0 Å². The van der Waals surface area contributed by atoms with Crippen molar-refractivity contribution in [2.75, 3.05) is 13.1 Å². The van der Waals surface area contributed by atoms with Gasteiger partial charge in [0, 0.05) is 18.6 Å². The molecule has 0 bridgehead atoms. The minimum atomic E-state index is -0.357. The van der Waals surface area contributed by atoms with Gasteiger partial charge >= 0.3 is 0 Å². The highest BCUT2D eigenvalue weighted by molar-refractivity contribution is 6.30.